The SMILES string of the molecule is COC/C(=C\C(N)=C/C(C)OC)OC. The van der Waals surface area contributed by atoms with Crippen LogP contribution in [-0.4, -0.2) is 34.0 Å². The van der Waals surface area contributed by atoms with E-state index in [9.17, 15) is 0 Å². The standard InChI is InChI=1S/C10H19NO3/c1-8(13-3)5-9(11)6-10(14-4)7-12-2/h5-6,8H,7,11H2,1-4H3/b9-5+,10-6+. The number of allylic oxidation sites excluding steroid dienone is 1. The van der Waals surface area contributed by atoms with Gasteiger partial charge in [-0.1, -0.05) is 0 Å². The Labute approximate surface area is 85.3 Å². The zero-order valence-corrected chi connectivity index (χ0v) is 9.24. The lowest BCUT2D eigenvalue weighted by molar-refractivity contribution is 0.155. The summed E-state index contributed by atoms with van der Waals surface area (Å²) in [5, 5.41) is 0. The maximum Gasteiger partial charge on any atom is 0.123 e. The van der Waals surface area contributed by atoms with Crippen molar-refractivity contribution in [3.05, 3.63) is 23.6 Å². The van der Waals surface area contributed by atoms with Crippen LogP contribution >= 0.6 is 0 Å². The summed E-state index contributed by atoms with van der Waals surface area (Å²) in [7, 11) is 4.81. The van der Waals surface area contributed by atoms with Crippen LogP contribution in [0, 0.1) is 0 Å². The molecule has 0 saturated heterocycles. The van der Waals surface area contributed by atoms with Crippen LogP contribution in [-0.2, 0) is 14.2 Å². The number of nitrogens with two attached hydrogens (primary N) is 1. The molecule has 0 aliphatic rings. The molecule has 4 nitrogen and oxygen atoms in total. The molecule has 82 valence electrons. The zero-order chi connectivity index (χ0) is 11.0. The lowest BCUT2D eigenvalue weighted by Gasteiger charge is -2.06. The normalized spacial score (nSPS) is 15.4. The third kappa shape index (κ3) is 5.61. The van der Waals surface area contributed by atoms with Crippen LogP contribution in [0.3, 0.4) is 0 Å². The molecule has 0 heterocycles. The van der Waals surface area contributed by atoms with Crippen LogP contribution in [0.1, 0.15) is 6.92 Å². The minimum Gasteiger partial charge on any atom is -0.499 e. The largest absolute Gasteiger partial charge is 0.499 e. The number of methoxy groups -OCH3 is 3. The highest BCUT2D eigenvalue weighted by molar-refractivity contribution is 5.19. The topological polar surface area (TPSA) is 53.7 Å². The molecule has 0 saturated carbocycles. The molecule has 0 fully saturated rings. The fourth-order valence-corrected chi connectivity index (χ4v) is 0.875. The van der Waals surface area contributed by atoms with Crippen LogP contribution in [0.15, 0.2) is 23.6 Å². The van der Waals surface area contributed by atoms with Gasteiger partial charge in [-0.25, -0.2) is 0 Å². The highest BCUT2D eigenvalue weighted by Crippen LogP contribution is 2.02. The van der Waals surface area contributed by atoms with E-state index >= 15 is 0 Å². The molecule has 4 heteroatoms. The van der Waals surface area contributed by atoms with Crippen molar-refractivity contribution in [2.45, 2.75) is 13.0 Å². The van der Waals surface area contributed by atoms with Gasteiger partial charge in [0.05, 0.1) is 13.2 Å². The van der Waals surface area contributed by atoms with E-state index in [-0.39, 0.29) is 6.10 Å². The summed E-state index contributed by atoms with van der Waals surface area (Å²) in [6.07, 6.45) is 3.51. The Morgan fingerprint density at radius 1 is 1.36 bits per heavy atom. The highest BCUT2D eigenvalue weighted by atomic mass is 16.5. The summed E-state index contributed by atoms with van der Waals surface area (Å²) in [4.78, 5) is 0. The van der Waals surface area contributed by atoms with Crippen LogP contribution in [0.5, 0.6) is 0 Å². The van der Waals surface area contributed by atoms with Crippen molar-refractivity contribution >= 4 is 0 Å². The average molecular weight is 201 g/mol. The van der Waals surface area contributed by atoms with Gasteiger partial charge in [0.2, 0.25) is 0 Å². The molecule has 0 aliphatic heterocycles. The van der Waals surface area contributed by atoms with E-state index in [1.807, 2.05) is 6.92 Å². The predicted octanol–water partition coefficient (Wildman–Crippen LogP) is 1.04. The zero-order valence-electron chi connectivity index (χ0n) is 9.24. The molecule has 0 amide bonds. The molecule has 0 aromatic heterocycles. The lowest BCUT2D eigenvalue weighted by atomic mass is 10.3. The Bertz CT molecular complexity index is 211. The molecule has 0 radical (unpaired) electrons. The van der Waals surface area contributed by atoms with Gasteiger partial charge in [0.1, 0.15) is 12.4 Å². The van der Waals surface area contributed by atoms with Gasteiger partial charge in [-0.05, 0) is 13.0 Å². The fourth-order valence-electron chi connectivity index (χ4n) is 0.875. The Kier molecular flexibility index (Phi) is 6.88. The molecule has 0 bridgehead atoms. The number of hydrogen-bond donors (Lipinski definition) is 1. The molecule has 2 N–H and O–H groups in total. The number of rotatable bonds is 6. The van der Waals surface area contributed by atoms with Crippen molar-refractivity contribution in [2.24, 2.45) is 5.73 Å². The van der Waals surface area contributed by atoms with Gasteiger partial charge >= 0.3 is 0 Å². The smallest absolute Gasteiger partial charge is 0.123 e. The fraction of sp³-hybridized carbons (Fsp3) is 0.600. The van der Waals surface area contributed by atoms with E-state index in [0.29, 0.717) is 18.1 Å². The molecule has 1 unspecified atom stereocenters. The van der Waals surface area contributed by atoms with Gasteiger partial charge in [0, 0.05) is 26.0 Å². The summed E-state index contributed by atoms with van der Waals surface area (Å²) in [6.45, 7) is 2.32. The van der Waals surface area contributed by atoms with E-state index in [4.69, 9.17) is 19.9 Å². The van der Waals surface area contributed by atoms with Crippen LogP contribution < -0.4 is 5.73 Å². The molecule has 14 heavy (non-hydrogen) atoms. The summed E-state index contributed by atoms with van der Waals surface area (Å²) in [5.74, 6) is 0.685. The van der Waals surface area contributed by atoms with Gasteiger partial charge in [-0.15, -0.1) is 0 Å². The quantitative estimate of drug-likeness (QED) is 0.515. The van der Waals surface area contributed by atoms with E-state index in [0.717, 1.165) is 0 Å². The molecule has 0 spiro atoms. The second kappa shape index (κ2) is 7.41. The molecular weight excluding hydrogens is 182 g/mol. The first-order valence-corrected chi connectivity index (χ1v) is 4.37. The molecular formula is C10H19NO3. The first kappa shape index (κ1) is 13.0. The van der Waals surface area contributed by atoms with Gasteiger partial charge < -0.3 is 19.9 Å². The van der Waals surface area contributed by atoms with Crippen molar-refractivity contribution in [3.63, 3.8) is 0 Å². The van der Waals surface area contributed by atoms with Crippen molar-refractivity contribution < 1.29 is 14.2 Å². The third-order valence-corrected chi connectivity index (χ3v) is 1.68. The van der Waals surface area contributed by atoms with Crippen LogP contribution in [0.2, 0.25) is 0 Å². The molecule has 0 aliphatic carbocycles. The Balaban J connectivity index is 4.36. The van der Waals surface area contributed by atoms with E-state index in [1.54, 1.807) is 33.5 Å². The minimum atomic E-state index is -0.00750. The van der Waals surface area contributed by atoms with Crippen molar-refractivity contribution in [1.82, 2.24) is 0 Å². The first-order valence-electron chi connectivity index (χ1n) is 4.37. The summed E-state index contributed by atoms with van der Waals surface area (Å²) >= 11 is 0. The van der Waals surface area contributed by atoms with Crippen molar-refractivity contribution in [2.75, 3.05) is 27.9 Å². The van der Waals surface area contributed by atoms with Gasteiger partial charge in [0.15, 0.2) is 0 Å². The molecule has 0 rings (SSSR count). The minimum absolute atomic E-state index is 0.00750. The number of ether oxygens (including phenoxy) is 3. The second-order valence-electron chi connectivity index (χ2n) is 2.86. The van der Waals surface area contributed by atoms with Crippen molar-refractivity contribution in [3.8, 4) is 0 Å². The lowest BCUT2D eigenvalue weighted by Crippen LogP contribution is -2.06. The summed E-state index contributed by atoms with van der Waals surface area (Å²) in [5.41, 5.74) is 6.33. The van der Waals surface area contributed by atoms with E-state index in [2.05, 4.69) is 0 Å². The Morgan fingerprint density at radius 3 is 2.43 bits per heavy atom. The Morgan fingerprint density at radius 2 is 2.00 bits per heavy atom. The summed E-state index contributed by atoms with van der Waals surface area (Å²) < 4.78 is 15.0. The Hall–Kier alpha value is -1.00. The maximum atomic E-state index is 5.73. The average Bonchev–Trinajstić information content (AvgIpc) is 2.16. The molecule has 0 aromatic rings. The molecule has 1 atom stereocenters. The van der Waals surface area contributed by atoms with Crippen LogP contribution in [0.25, 0.3) is 0 Å². The van der Waals surface area contributed by atoms with Gasteiger partial charge in [0.25, 0.3) is 0 Å². The molecule has 0 aromatic carbocycles. The van der Waals surface area contributed by atoms with Gasteiger partial charge in [-0.2, -0.15) is 0 Å². The van der Waals surface area contributed by atoms with Crippen LogP contribution in [0.4, 0.5) is 0 Å². The highest BCUT2D eigenvalue weighted by Gasteiger charge is 1.98. The predicted molar refractivity (Wildman–Crippen MR) is 55.7 cm³/mol. The number of hydrogen-bond acceptors (Lipinski definition) is 4. The third-order valence-electron chi connectivity index (χ3n) is 1.68. The second-order valence-corrected chi connectivity index (χ2v) is 2.86. The maximum absolute atomic E-state index is 5.73. The van der Waals surface area contributed by atoms with Crippen molar-refractivity contribution in [1.29, 1.82) is 0 Å². The first-order chi connectivity index (χ1) is 6.63. The summed E-state index contributed by atoms with van der Waals surface area (Å²) in [6, 6.07) is 0. The monoisotopic (exact) mass is 201 g/mol. The van der Waals surface area contributed by atoms with E-state index in [1.165, 1.54) is 0 Å². The van der Waals surface area contributed by atoms with E-state index < -0.39 is 0 Å². The van der Waals surface area contributed by atoms with Gasteiger partial charge in [-0.3, -0.25) is 0 Å².